The third-order valence-electron chi connectivity index (χ3n) is 3.93. The Kier molecular flexibility index (Phi) is 5.97. The third-order valence-corrected chi connectivity index (χ3v) is 3.93. The molecule has 0 saturated heterocycles. The average molecular weight is 290 g/mol. The normalized spacial score (nSPS) is 14.7. The quantitative estimate of drug-likeness (QED) is 0.757. The van der Waals surface area contributed by atoms with E-state index in [2.05, 4.69) is 42.9 Å². The maximum atomic E-state index is 4.83. The molecule has 1 N–H and O–H groups in total. The number of hydrogen-bond acceptors (Lipinski definition) is 4. The summed E-state index contributed by atoms with van der Waals surface area (Å²) in [4.78, 5) is 11.9. The summed E-state index contributed by atoms with van der Waals surface area (Å²) in [6.07, 6.45) is 5.98. The Morgan fingerprint density at radius 3 is 2.67 bits per heavy atom. The van der Waals surface area contributed by atoms with Gasteiger partial charge < -0.3 is 10.2 Å². The van der Waals surface area contributed by atoms with Crippen molar-refractivity contribution in [2.24, 2.45) is 5.92 Å². The van der Waals surface area contributed by atoms with Crippen LogP contribution >= 0.6 is 0 Å². The van der Waals surface area contributed by atoms with Gasteiger partial charge in [0.15, 0.2) is 0 Å². The van der Waals surface area contributed by atoms with Crippen LogP contribution in [0.5, 0.6) is 0 Å². The van der Waals surface area contributed by atoms with E-state index in [-0.39, 0.29) is 0 Å². The van der Waals surface area contributed by atoms with Gasteiger partial charge in [-0.2, -0.15) is 0 Å². The molecule has 0 atom stereocenters. The number of nitrogens with one attached hydrogen (secondary N) is 1. The lowest BCUT2D eigenvalue weighted by atomic mass is 10.2. The van der Waals surface area contributed by atoms with Gasteiger partial charge >= 0.3 is 0 Å². The molecule has 1 aromatic heterocycles. The minimum atomic E-state index is 0.377. The van der Waals surface area contributed by atoms with Gasteiger partial charge in [0.2, 0.25) is 0 Å². The van der Waals surface area contributed by atoms with Crippen molar-refractivity contribution >= 4 is 5.69 Å². The molecule has 2 rings (SSSR count). The summed E-state index contributed by atoms with van der Waals surface area (Å²) in [5.41, 5.74) is 2.39. The second kappa shape index (κ2) is 7.74. The molecular weight excluding hydrogens is 260 g/mol. The number of rotatable bonds is 9. The molecule has 1 aliphatic rings. The van der Waals surface area contributed by atoms with E-state index in [4.69, 9.17) is 4.98 Å². The van der Waals surface area contributed by atoms with Crippen LogP contribution in [0.4, 0.5) is 5.69 Å². The Morgan fingerprint density at radius 2 is 2.10 bits per heavy atom. The molecule has 1 heterocycles. The predicted octanol–water partition coefficient (Wildman–Crippen LogP) is 3.34. The molecule has 1 saturated carbocycles. The van der Waals surface area contributed by atoms with Gasteiger partial charge in [0.25, 0.3) is 0 Å². The highest BCUT2D eigenvalue weighted by atomic mass is 15.2. The van der Waals surface area contributed by atoms with Crippen molar-refractivity contribution in [1.82, 2.24) is 15.3 Å². The second-order valence-corrected chi connectivity index (χ2v) is 6.38. The van der Waals surface area contributed by atoms with Crippen LogP contribution in [0.3, 0.4) is 0 Å². The first-order chi connectivity index (χ1) is 10.2. The third kappa shape index (κ3) is 4.67. The summed E-state index contributed by atoms with van der Waals surface area (Å²) in [7, 11) is 0. The van der Waals surface area contributed by atoms with Crippen LogP contribution in [0, 0.1) is 5.92 Å². The molecule has 4 nitrogen and oxygen atoms in total. The first-order valence-electron chi connectivity index (χ1n) is 8.47. The highest BCUT2D eigenvalue weighted by molar-refractivity contribution is 5.49. The Labute approximate surface area is 129 Å². The van der Waals surface area contributed by atoms with Gasteiger partial charge in [-0.25, -0.2) is 9.97 Å². The molecule has 4 heteroatoms. The number of aromatic nitrogens is 2. The average Bonchev–Trinajstić information content (AvgIpc) is 3.28. The van der Waals surface area contributed by atoms with E-state index in [1.165, 1.54) is 24.9 Å². The van der Waals surface area contributed by atoms with Crippen LogP contribution in [-0.2, 0) is 6.54 Å². The zero-order valence-corrected chi connectivity index (χ0v) is 14.0. The molecule has 0 radical (unpaired) electrons. The van der Waals surface area contributed by atoms with Crippen molar-refractivity contribution in [1.29, 1.82) is 0 Å². The maximum absolute atomic E-state index is 4.83. The van der Waals surface area contributed by atoms with Gasteiger partial charge in [0, 0.05) is 25.6 Å². The van der Waals surface area contributed by atoms with Crippen LogP contribution in [0.1, 0.15) is 64.4 Å². The molecule has 0 unspecified atom stereocenters. The van der Waals surface area contributed by atoms with E-state index in [1.807, 2.05) is 6.20 Å². The first kappa shape index (κ1) is 16.2. The minimum Gasteiger partial charge on any atom is -0.369 e. The summed E-state index contributed by atoms with van der Waals surface area (Å²) in [6, 6.07) is 0. The fourth-order valence-electron chi connectivity index (χ4n) is 2.53. The number of nitrogens with zero attached hydrogens (tertiary/aromatic N) is 3. The topological polar surface area (TPSA) is 41.1 Å². The SMILES string of the molecule is CCCN(CC1CC1)c1cnc(C(C)C)nc1CNCC. The summed E-state index contributed by atoms with van der Waals surface area (Å²) >= 11 is 0. The van der Waals surface area contributed by atoms with Gasteiger partial charge in [-0.15, -0.1) is 0 Å². The summed E-state index contributed by atoms with van der Waals surface area (Å²) in [5, 5.41) is 3.42. The molecule has 0 aromatic carbocycles. The zero-order valence-electron chi connectivity index (χ0n) is 14.0. The summed E-state index contributed by atoms with van der Waals surface area (Å²) < 4.78 is 0. The van der Waals surface area contributed by atoms with Crippen LogP contribution in [-0.4, -0.2) is 29.6 Å². The highest BCUT2D eigenvalue weighted by Gasteiger charge is 2.25. The van der Waals surface area contributed by atoms with E-state index in [1.54, 1.807) is 0 Å². The molecule has 1 aromatic rings. The fraction of sp³-hybridized carbons (Fsp3) is 0.765. The van der Waals surface area contributed by atoms with Crippen molar-refractivity contribution in [2.75, 3.05) is 24.5 Å². The first-order valence-corrected chi connectivity index (χ1v) is 8.47. The van der Waals surface area contributed by atoms with E-state index < -0.39 is 0 Å². The van der Waals surface area contributed by atoms with Gasteiger partial charge in [-0.05, 0) is 31.7 Å². The molecule has 0 amide bonds. The molecular formula is C17H30N4. The van der Waals surface area contributed by atoms with Crippen LogP contribution < -0.4 is 10.2 Å². The molecule has 0 spiro atoms. The van der Waals surface area contributed by atoms with Crippen LogP contribution in [0.2, 0.25) is 0 Å². The Balaban J connectivity index is 2.24. The van der Waals surface area contributed by atoms with E-state index in [0.29, 0.717) is 5.92 Å². The lowest BCUT2D eigenvalue weighted by Crippen LogP contribution is -2.29. The molecule has 1 aliphatic carbocycles. The summed E-state index contributed by atoms with van der Waals surface area (Å²) in [6.45, 7) is 12.7. The van der Waals surface area contributed by atoms with Crippen molar-refractivity contribution in [2.45, 2.75) is 59.4 Å². The molecule has 0 bridgehead atoms. The maximum Gasteiger partial charge on any atom is 0.131 e. The monoisotopic (exact) mass is 290 g/mol. The standard InChI is InChI=1S/C17H30N4/c1-5-9-21(12-14-7-8-14)16-11-19-17(13(3)4)20-15(16)10-18-6-2/h11,13-14,18H,5-10,12H2,1-4H3. The Bertz CT molecular complexity index is 440. The Morgan fingerprint density at radius 1 is 1.33 bits per heavy atom. The van der Waals surface area contributed by atoms with Crippen molar-refractivity contribution < 1.29 is 0 Å². The smallest absolute Gasteiger partial charge is 0.131 e. The minimum absolute atomic E-state index is 0.377. The zero-order chi connectivity index (χ0) is 15.2. The van der Waals surface area contributed by atoms with E-state index in [0.717, 1.165) is 43.6 Å². The largest absolute Gasteiger partial charge is 0.369 e. The van der Waals surface area contributed by atoms with Gasteiger partial charge in [-0.3, -0.25) is 0 Å². The molecule has 21 heavy (non-hydrogen) atoms. The van der Waals surface area contributed by atoms with Crippen molar-refractivity contribution in [3.63, 3.8) is 0 Å². The van der Waals surface area contributed by atoms with Gasteiger partial charge in [0.1, 0.15) is 5.82 Å². The predicted molar refractivity (Wildman–Crippen MR) is 88.7 cm³/mol. The van der Waals surface area contributed by atoms with Crippen molar-refractivity contribution in [3.8, 4) is 0 Å². The van der Waals surface area contributed by atoms with E-state index in [9.17, 15) is 0 Å². The van der Waals surface area contributed by atoms with Gasteiger partial charge in [0.05, 0.1) is 17.6 Å². The van der Waals surface area contributed by atoms with Crippen LogP contribution in [0.25, 0.3) is 0 Å². The second-order valence-electron chi connectivity index (χ2n) is 6.38. The van der Waals surface area contributed by atoms with Crippen LogP contribution in [0.15, 0.2) is 6.20 Å². The van der Waals surface area contributed by atoms with E-state index >= 15 is 0 Å². The lowest BCUT2D eigenvalue weighted by Gasteiger charge is -2.26. The lowest BCUT2D eigenvalue weighted by molar-refractivity contribution is 0.661. The molecule has 118 valence electrons. The van der Waals surface area contributed by atoms with Crippen molar-refractivity contribution in [3.05, 3.63) is 17.7 Å². The number of hydrogen-bond donors (Lipinski definition) is 1. The fourth-order valence-corrected chi connectivity index (χ4v) is 2.53. The van der Waals surface area contributed by atoms with Gasteiger partial charge in [-0.1, -0.05) is 27.7 Å². The molecule has 0 aliphatic heterocycles. The number of anilines is 1. The Hall–Kier alpha value is -1.16. The summed E-state index contributed by atoms with van der Waals surface area (Å²) in [5.74, 6) is 2.21. The molecule has 1 fully saturated rings. The highest BCUT2D eigenvalue weighted by Crippen LogP contribution is 2.32.